The van der Waals surface area contributed by atoms with Gasteiger partial charge in [0.1, 0.15) is 5.01 Å². The van der Waals surface area contributed by atoms with Crippen LogP contribution in [0.25, 0.3) is 0 Å². The van der Waals surface area contributed by atoms with E-state index in [0.29, 0.717) is 0 Å². The summed E-state index contributed by atoms with van der Waals surface area (Å²) in [6.45, 7) is 8.94. The molecule has 2 nitrogen and oxygen atoms in total. The Hall–Kier alpha value is -0.670. The molecule has 13 heavy (non-hydrogen) atoms. The van der Waals surface area contributed by atoms with Gasteiger partial charge in [0.25, 0.3) is 0 Å². The lowest BCUT2D eigenvalue weighted by molar-refractivity contribution is 0.406. The Bertz CT molecular complexity index is 252. The highest BCUT2D eigenvalue weighted by Crippen LogP contribution is 2.21. The van der Waals surface area contributed by atoms with Crippen molar-refractivity contribution in [2.24, 2.45) is 0 Å². The molecule has 0 spiro atoms. The van der Waals surface area contributed by atoms with Crippen LogP contribution in [-0.2, 0) is 5.54 Å². The van der Waals surface area contributed by atoms with Crippen LogP contribution in [-0.4, -0.2) is 11.5 Å². The Balaban J connectivity index is 2.51. The Morgan fingerprint density at radius 1 is 1.69 bits per heavy atom. The molecule has 0 fully saturated rings. The van der Waals surface area contributed by atoms with Crippen LogP contribution >= 0.6 is 11.3 Å². The first-order valence-electron chi connectivity index (χ1n) is 4.43. The number of nitrogens with zero attached hydrogens (tertiary/aromatic N) is 1. The van der Waals surface area contributed by atoms with E-state index in [-0.39, 0.29) is 5.54 Å². The smallest absolute Gasteiger partial charge is 0.112 e. The molecule has 0 bridgehead atoms. The van der Waals surface area contributed by atoms with E-state index in [1.54, 1.807) is 11.3 Å². The lowest BCUT2D eigenvalue weighted by atomic mass is 10.1. The van der Waals surface area contributed by atoms with Crippen LogP contribution in [0.3, 0.4) is 0 Å². The van der Waals surface area contributed by atoms with Crippen molar-refractivity contribution in [2.75, 3.05) is 6.54 Å². The van der Waals surface area contributed by atoms with Crippen LogP contribution in [0.2, 0.25) is 0 Å². The monoisotopic (exact) mass is 196 g/mol. The van der Waals surface area contributed by atoms with Gasteiger partial charge >= 0.3 is 0 Å². The predicted molar refractivity (Wildman–Crippen MR) is 58.0 cm³/mol. The van der Waals surface area contributed by atoms with Crippen molar-refractivity contribution in [3.63, 3.8) is 0 Å². The first-order valence-corrected chi connectivity index (χ1v) is 5.30. The molecular formula is C10H16N2S. The Labute approximate surface area is 83.7 Å². The van der Waals surface area contributed by atoms with E-state index < -0.39 is 0 Å². The summed E-state index contributed by atoms with van der Waals surface area (Å²) >= 11 is 1.69. The van der Waals surface area contributed by atoms with Gasteiger partial charge in [-0.3, -0.25) is 0 Å². The SMILES string of the molecule is C=CCCNC(C)(C)c1nccs1. The lowest BCUT2D eigenvalue weighted by Gasteiger charge is -2.23. The Morgan fingerprint density at radius 3 is 3.00 bits per heavy atom. The lowest BCUT2D eigenvalue weighted by Crippen LogP contribution is -2.36. The molecule has 72 valence electrons. The highest BCUT2D eigenvalue weighted by molar-refractivity contribution is 7.09. The van der Waals surface area contributed by atoms with E-state index in [4.69, 9.17) is 0 Å². The van der Waals surface area contributed by atoms with E-state index in [2.05, 4.69) is 30.7 Å². The van der Waals surface area contributed by atoms with Gasteiger partial charge in [0.05, 0.1) is 5.54 Å². The number of nitrogens with one attached hydrogen (secondary N) is 1. The van der Waals surface area contributed by atoms with Crippen LogP contribution in [0.15, 0.2) is 24.2 Å². The quantitative estimate of drug-likeness (QED) is 0.578. The molecule has 0 aliphatic carbocycles. The minimum Gasteiger partial charge on any atom is -0.306 e. The van der Waals surface area contributed by atoms with Gasteiger partial charge in [-0.15, -0.1) is 17.9 Å². The fourth-order valence-corrected chi connectivity index (χ4v) is 1.83. The van der Waals surface area contributed by atoms with Gasteiger partial charge in [-0.1, -0.05) is 6.08 Å². The third-order valence-electron chi connectivity index (χ3n) is 1.88. The average Bonchev–Trinajstić information content (AvgIpc) is 2.56. The van der Waals surface area contributed by atoms with Gasteiger partial charge in [-0.25, -0.2) is 4.98 Å². The zero-order chi connectivity index (χ0) is 9.73. The Morgan fingerprint density at radius 2 is 2.46 bits per heavy atom. The van der Waals surface area contributed by atoms with Gasteiger partial charge in [-0.2, -0.15) is 0 Å². The molecule has 1 rings (SSSR count). The summed E-state index contributed by atoms with van der Waals surface area (Å²) in [5, 5.41) is 6.58. The highest BCUT2D eigenvalue weighted by atomic mass is 32.1. The molecule has 1 heterocycles. The molecule has 0 aliphatic rings. The number of thiazole rings is 1. The fourth-order valence-electron chi connectivity index (χ4n) is 1.09. The number of rotatable bonds is 5. The molecule has 0 aromatic carbocycles. The van der Waals surface area contributed by atoms with Crippen molar-refractivity contribution >= 4 is 11.3 Å². The van der Waals surface area contributed by atoms with E-state index in [9.17, 15) is 0 Å². The second-order valence-electron chi connectivity index (χ2n) is 3.47. The van der Waals surface area contributed by atoms with E-state index >= 15 is 0 Å². The normalized spacial score (nSPS) is 11.5. The van der Waals surface area contributed by atoms with E-state index in [0.717, 1.165) is 18.0 Å². The zero-order valence-electron chi connectivity index (χ0n) is 8.21. The highest BCUT2D eigenvalue weighted by Gasteiger charge is 2.21. The van der Waals surface area contributed by atoms with Crippen molar-refractivity contribution in [1.82, 2.24) is 10.3 Å². The van der Waals surface area contributed by atoms with Crippen molar-refractivity contribution < 1.29 is 0 Å². The van der Waals surface area contributed by atoms with Gasteiger partial charge in [0.15, 0.2) is 0 Å². The van der Waals surface area contributed by atoms with Crippen molar-refractivity contribution in [3.8, 4) is 0 Å². The molecule has 1 N–H and O–H groups in total. The predicted octanol–water partition coefficient (Wildman–Crippen LogP) is 2.54. The molecule has 0 atom stereocenters. The average molecular weight is 196 g/mol. The van der Waals surface area contributed by atoms with Gasteiger partial charge in [-0.05, 0) is 26.8 Å². The fraction of sp³-hybridized carbons (Fsp3) is 0.500. The summed E-state index contributed by atoms with van der Waals surface area (Å²) in [5.74, 6) is 0. The van der Waals surface area contributed by atoms with Crippen LogP contribution in [0, 0.1) is 0 Å². The second kappa shape index (κ2) is 4.53. The summed E-state index contributed by atoms with van der Waals surface area (Å²) in [6.07, 6.45) is 4.76. The molecule has 0 saturated heterocycles. The maximum atomic E-state index is 4.30. The van der Waals surface area contributed by atoms with Gasteiger partial charge < -0.3 is 5.32 Å². The molecule has 0 unspecified atom stereocenters. The first kappa shape index (κ1) is 10.4. The second-order valence-corrected chi connectivity index (χ2v) is 4.36. The van der Waals surface area contributed by atoms with E-state index in [1.165, 1.54) is 0 Å². The summed E-state index contributed by atoms with van der Waals surface area (Å²) in [7, 11) is 0. The number of aromatic nitrogens is 1. The summed E-state index contributed by atoms with van der Waals surface area (Å²) in [4.78, 5) is 4.30. The van der Waals surface area contributed by atoms with Gasteiger partial charge in [0, 0.05) is 11.6 Å². The molecule has 0 amide bonds. The van der Waals surface area contributed by atoms with Crippen molar-refractivity contribution in [2.45, 2.75) is 25.8 Å². The third-order valence-corrected chi connectivity index (χ3v) is 2.98. The van der Waals surface area contributed by atoms with Gasteiger partial charge in [0.2, 0.25) is 0 Å². The maximum absolute atomic E-state index is 4.30. The summed E-state index contributed by atoms with van der Waals surface area (Å²) < 4.78 is 0. The molecule has 1 aromatic rings. The maximum Gasteiger partial charge on any atom is 0.112 e. The summed E-state index contributed by atoms with van der Waals surface area (Å²) in [5.41, 5.74) is -0.0167. The van der Waals surface area contributed by atoms with Crippen molar-refractivity contribution in [1.29, 1.82) is 0 Å². The number of hydrogen-bond acceptors (Lipinski definition) is 3. The molecule has 3 heteroatoms. The van der Waals surface area contributed by atoms with Crippen LogP contribution in [0.5, 0.6) is 0 Å². The standard InChI is InChI=1S/C10H16N2S/c1-4-5-6-12-10(2,3)9-11-7-8-13-9/h4,7-8,12H,1,5-6H2,2-3H3. The topological polar surface area (TPSA) is 24.9 Å². The van der Waals surface area contributed by atoms with Crippen molar-refractivity contribution in [3.05, 3.63) is 29.2 Å². The largest absolute Gasteiger partial charge is 0.306 e. The molecule has 0 radical (unpaired) electrons. The van der Waals surface area contributed by atoms with Crippen LogP contribution in [0.4, 0.5) is 0 Å². The first-order chi connectivity index (χ1) is 6.17. The van der Waals surface area contributed by atoms with Crippen LogP contribution < -0.4 is 5.32 Å². The molecule has 0 aliphatic heterocycles. The zero-order valence-corrected chi connectivity index (χ0v) is 9.03. The third kappa shape index (κ3) is 2.94. The molecule has 1 aromatic heterocycles. The minimum atomic E-state index is -0.0167. The Kier molecular flexibility index (Phi) is 3.63. The molecule has 0 saturated carbocycles. The number of hydrogen-bond donors (Lipinski definition) is 1. The van der Waals surface area contributed by atoms with Crippen LogP contribution in [0.1, 0.15) is 25.3 Å². The van der Waals surface area contributed by atoms with E-state index in [1.807, 2.05) is 17.7 Å². The minimum absolute atomic E-state index is 0.0167. The molecular weight excluding hydrogens is 180 g/mol. The summed E-state index contributed by atoms with van der Waals surface area (Å²) in [6, 6.07) is 0.